The van der Waals surface area contributed by atoms with Crippen LogP contribution < -0.4 is 9.88 Å². The molecule has 1 aromatic heterocycles. The Bertz CT molecular complexity index is 1110. The Morgan fingerprint density at radius 1 is 1.11 bits per heavy atom. The second-order valence-corrected chi connectivity index (χ2v) is 8.66. The number of rotatable bonds is 5. The number of fused-ring (bicyclic) bond motifs is 1. The van der Waals surface area contributed by atoms with Gasteiger partial charge >= 0.3 is 0 Å². The summed E-state index contributed by atoms with van der Waals surface area (Å²) < 4.78 is 30.1. The van der Waals surface area contributed by atoms with E-state index in [1.165, 1.54) is 10.9 Å². The summed E-state index contributed by atoms with van der Waals surface area (Å²) in [5, 5.41) is 6.70. The number of primary sulfonamides is 1. The predicted molar refractivity (Wildman–Crippen MR) is 109 cm³/mol. The van der Waals surface area contributed by atoms with Crippen molar-refractivity contribution in [3.05, 3.63) is 58.3 Å². The number of benzene rings is 2. The van der Waals surface area contributed by atoms with Crippen molar-refractivity contribution in [2.75, 3.05) is 7.11 Å². The number of hydrogen-bond donors (Lipinski definition) is 2. The third-order valence-electron chi connectivity index (χ3n) is 5.42. The lowest BCUT2D eigenvalue weighted by Gasteiger charge is -2.24. The van der Waals surface area contributed by atoms with E-state index in [9.17, 15) is 8.42 Å². The van der Waals surface area contributed by atoms with E-state index in [2.05, 4.69) is 18.0 Å². The average Bonchev–Trinajstić information content (AvgIpc) is 2.99. The van der Waals surface area contributed by atoms with Gasteiger partial charge in [0.2, 0.25) is 10.0 Å². The maximum atomic E-state index is 12.2. The van der Waals surface area contributed by atoms with Crippen molar-refractivity contribution >= 4 is 20.9 Å². The minimum absolute atomic E-state index is 0.0546. The van der Waals surface area contributed by atoms with Crippen LogP contribution in [0.25, 0.3) is 10.9 Å². The maximum Gasteiger partial charge on any atom is 0.238 e. The number of hydrogen-bond acceptors (Lipinski definition) is 3. The molecule has 2 aromatic carbocycles. The second-order valence-electron chi connectivity index (χ2n) is 7.16. The summed E-state index contributed by atoms with van der Waals surface area (Å²) in [5.41, 5.74) is 5.31. The molecule has 1 unspecified atom stereocenters. The van der Waals surface area contributed by atoms with Crippen molar-refractivity contribution in [2.24, 2.45) is 5.14 Å². The van der Waals surface area contributed by atoms with Gasteiger partial charge < -0.3 is 9.72 Å². The molecule has 3 N–H and O–H groups in total. The molecule has 0 amide bonds. The summed E-state index contributed by atoms with van der Waals surface area (Å²) in [7, 11) is -2.20. The summed E-state index contributed by atoms with van der Waals surface area (Å²) in [6.07, 6.45) is 2.78. The van der Waals surface area contributed by atoms with Gasteiger partial charge in [-0.05, 0) is 61.4 Å². The summed E-state index contributed by atoms with van der Waals surface area (Å²) >= 11 is 0. The van der Waals surface area contributed by atoms with E-state index in [0.717, 1.165) is 28.8 Å². The molecule has 0 radical (unpaired) electrons. The fourth-order valence-corrected chi connectivity index (χ4v) is 5.25. The van der Waals surface area contributed by atoms with Crippen LogP contribution in [0.4, 0.5) is 0 Å². The van der Waals surface area contributed by atoms with Crippen LogP contribution >= 0.6 is 0 Å². The first-order chi connectivity index (χ1) is 12.7. The van der Waals surface area contributed by atoms with E-state index < -0.39 is 10.0 Å². The van der Waals surface area contributed by atoms with Gasteiger partial charge in [-0.2, -0.15) is 0 Å². The zero-order chi connectivity index (χ0) is 19.9. The number of nitrogens with one attached hydrogen (secondary N) is 1. The van der Waals surface area contributed by atoms with Crippen molar-refractivity contribution < 1.29 is 13.2 Å². The van der Waals surface area contributed by atoms with E-state index in [0.29, 0.717) is 11.1 Å². The monoisotopic (exact) mass is 386 g/mol. The number of sulfonamides is 1. The van der Waals surface area contributed by atoms with E-state index >= 15 is 0 Å². The third kappa shape index (κ3) is 3.35. The van der Waals surface area contributed by atoms with E-state index in [1.54, 1.807) is 14.0 Å². The SMILES string of the molecule is COc1c(C)c(C)c(S(N)(=O)=O)c(C)c1C(C)Cc1c[nH]c2ccccc12. The smallest absolute Gasteiger partial charge is 0.238 e. The van der Waals surface area contributed by atoms with Crippen molar-refractivity contribution in [3.8, 4) is 5.75 Å². The second kappa shape index (κ2) is 7.02. The van der Waals surface area contributed by atoms with Crippen molar-refractivity contribution in [3.63, 3.8) is 0 Å². The van der Waals surface area contributed by atoms with Gasteiger partial charge in [0.05, 0.1) is 12.0 Å². The highest BCUT2D eigenvalue weighted by Gasteiger charge is 2.27. The molecule has 0 aliphatic carbocycles. The molecule has 5 nitrogen and oxygen atoms in total. The van der Waals surface area contributed by atoms with E-state index in [1.807, 2.05) is 38.2 Å². The van der Waals surface area contributed by atoms with E-state index in [4.69, 9.17) is 9.88 Å². The van der Waals surface area contributed by atoms with Gasteiger partial charge in [0.1, 0.15) is 5.75 Å². The third-order valence-corrected chi connectivity index (χ3v) is 6.60. The Balaban J connectivity index is 2.16. The summed E-state index contributed by atoms with van der Waals surface area (Å²) in [5.74, 6) is 0.795. The van der Waals surface area contributed by atoms with Crippen LogP contribution in [0.2, 0.25) is 0 Å². The Labute approximate surface area is 160 Å². The fourth-order valence-electron chi connectivity index (χ4n) is 4.13. The molecule has 3 rings (SSSR count). The lowest BCUT2D eigenvalue weighted by Crippen LogP contribution is -2.19. The van der Waals surface area contributed by atoms with Gasteiger partial charge in [-0.15, -0.1) is 0 Å². The normalized spacial score (nSPS) is 13.1. The molecule has 6 heteroatoms. The standard InChI is InChI=1S/C21H26N2O3S/c1-12(10-16-11-23-18-9-7-6-8-17(16)18)19-15(4)21(27(22,24)25)14(3)13(2)20(19)26-5/h6-9,11-12,23H,10H2,1-5H3,(H2,22,24,25). The largest absolute Gasteiger partial charge is 0.496 e. The quantitative estimate of drug-likeness (QED) is 0.692. The number of aromatic amines is 1. The molecule has 0 saturated heterocycles. The zero-order valence-corrected chi connectivity index (χ0v) is 17.2. The van der Waals surface area contributed by atoms with Crippen LogP contribution in [0.3, 0.4) is 0 Å². The molecule has 0 aliphatic rings. The molecule has 0 aliphatic heterocycles. The highest BCUT2D eigenvalue weighted by Crippen LogP contribution is 2.40. The highest BCUT2D eigenvalue weighted by molar-refractivity contribution is 7.89. The molecule has 1 atom stereocenters. The molecule has 0 saturated carbocycles. The lowest BCUT2D eigenvalue weighted by molar-refractivity contribution is 0.401. The molecular weight excluding hydrogens is 360 g/mol. The molecule has 0 spiro atoms. The molecule has 144 valence electrons. The first-order valence-corrected chi connectivity index (χ1v) is 10.5. The van der Waals surface area contributed by atoms with Gasteiger partial charge in [0, 0.05) is 22.7 Å². The molecule has 0 bridgehead atoms. The topological polar surface area (TPSA) is 85.2 Å². The van der Waals surface area contributed by atoms with Crippen molar-refractivity contribution in [1.82, 2.24) is 4.98 Å². The number of aromatic nitrogens is 1. The van der Waals surface area contributed by atoms with Crippen LogP contribution in [-0.2, 0) is 16.4 Å². The molecular formula is C21H26N2O3S. The minimum Gasteiger partial charge on any atom is -0.496 e. The van der Waals surface area contributed by atoms with Crippen LogP contribution in [0.5, 0.6) is 5.75 Å². The number of methoxy groups -OCH3 is 1. The zero-order valence-electron chi connectivity index (χ0n) is 16.4. The lowest BCUT2D eigenvalue weighted by atomic mass is 9.87. The molecule has 1 heterocycles. The van der Waals surface area contributed by atoms with Gasteiger partial charge in [0.15, 0.2) is 0 Å². The van der Waals surface area contributed by atoms with Gasteiger partial charge in [-0.1, -0.05) is 25.1 Å². The Morgan fingerprint density at radius 2 is 1.78 bits per heavy atom. The molecule has 0 fully saturated rings. The Morgan fingerprint density at radius 3 is 2.41 bits per heavy atom. The van der Waals surface area contributed by atoms with Gasteiger partial charge in [0.25, 0.3) is 0 Å². The van der Waals surface area contributed by atoms with Crippen LogP contribution in [0.1, 0.15) is 40.7 Å². The number of H-pyrrole nitrogens is 1. The van der Waals surface area contributed by atoms with Crippen molar-refractivity contribution in [2.45, 2.75) is 44.9 Å². The maximum absolute atomic E-state index is 12.2. The average molecular weight is 387 g/mol. The summed E-state index contributed by atoms with van der Waals surface area (Å²) in [4.78, 5) is 3.51. The Kier molecular flexibility index (Phi) is 5.06. The molecule has 27 heavy (non-hydrogen) atoms. The summed E-state index contributed by atoms with van der Waals surface area (Å²) in [6, 6.07) is 8.16. The van der Waals surface area contributed by atoms with Gasteiger partial charge in [-0.3, -0.25) is 0 Å². The number of para-hydroxylation sites is 1. The minimum atomic E-state index is -3.83. The van der Waals surface area contributed by atoms with Crippen LogP contribution in [-0.4, -0.2) is 20.5 Å². The first-order valence-electron chi connectivity index (χ1n) is 8.92. The number of nitrogens with two attached hydrogens (primary N) is 1. The van der Waals surface area contributed by atoms with Crippen molar-refractivity contribution in [1.29, 1.82) is 0 Å². The van der Waals surface area contributed by atoms with Crippen LogP contribution in [0, 0.1) is 20.8 Å². The van der Waals surface area contributed by atoms with Crippen LogP contribution in [0.15, 0.2) is 35.4 Å². The molecule has 3 aromatic rings. The predicted octanol–water partition coefficient (Wildman–Crippen LogP) is 4.10. The fraction of sp³-hybridized carbons (Fsp3) is 0.333. The number of ether oxygens (including phenoxy) is 1. The Hall–Kier alpha value is -2.31. The first kappa shape index (κ1) is 19.5. The summed E-state index contributed by atoms with van der Waals surface area (Å²) in [6.45, 7) is 7.56. The highest BCUT2D eigenvalue weighted by atomic mass is 32.2. The van der Waals surface area contributed by atoms with Gasteiger partial charge in [-0.25, -0.2) is 13.6 Å². The van der Waals surface area contributed by atoms with E-state index in [-0.39, 0.29) is 10.8 Å².